The average molecular weight is 356 g/mol. The van der Waals surface area contributed by atoms with Crippen LogP contribution >= 0.6 is 0 Å². The molecule has 2 aromatic rings. The van der Waals surface area contributed by atoms with Crippen LogP contribution in [0.15, 0.2) is 36.7 Å². The van der Waals surface area contributed by atoms with Gasteiger partial charge in [-0.3, -0.25) is 4.79 Å². The molecule has 1 atom stereocenters. The number of carbonyl (C=O) groups is 1. The van der Waals surface area contributed by atoms with Crippen LogP contribution in [0.5, 0.6) is 5.75 Å². The molecule has 138 valence electrons. The average Bonchev–Trinajstić information content (AvgIpc) is 3.20. The van der Waals surface area contributed by atoms with Crippen molar-refractivity contribution in [3.05, 3.63) is 47.8 Å². The second-order valence-corrected chi connectivity index (χ2v) is 6.13. The summed E-state index contributed by atoms with van der Waals surface area (Å²) >= 11 is 0. The summed E-state index contributed by atoms with van der Waals surface area (Å²) in [5.74, 6) is 1.19. The number of amides is 1. The molecule has 1 saturated heterocycles. The van der Waals surface area contributed by atoms with E-state index in [1.165, 1.54) is 12.4 Å². The van der Waals surface area contributed by atoms with Gasteiger partial charge in [0, 0.05) is 32.1 Å². The zero-order valence-electron chi connectivity index (χ0n) is 14.9. The summed E-state index contributed by atoms with van der Waals surface area (Å²) in [6.45, 7) is 1.97. The number of nitrogens with zero attached hydrogens (tertiary/aromatic N) is 2. The van der Waals surface area contributed by atoms with Gasteiger partial charge in [0.05, 0.1) is 18.8 Å². The Morgan fingerprint density at radius 1 is 1.31 bits per heavy atom. The largest absolute Gasteiger partial charge is 0.496 e. The van der Waals surface area contributed by atoms with Gasteiger partial charge in [-0.15, -0.1) is 0 Å². The highest BCUT2D eigenvalue weighted by Gasteiger charge is 2.17. The Bertz CT molecular complexity index is 715. The fourth-order valence-corrected chi connectivity index (χ4v) is 2.87. The van der Waals surface area contributed by atoms with Crippen LogP contribution in [0.2, 0.25) is 0 Å². The summed E-state index contributed by atoms with van der Waals surface area (Å²) in [7, 11) is 1.66. The fourth-order valence-electron chi connectivity index (χ4n) is 2.87. The van der Waals surface area contributed by atoms with Crippen molar-refractivity contribution in [3.63, 3.8) is 0 Å². The Balaban J connectivity index is 1.45. The van der Waals surface area contributed by atoms with Gasteiger partial charge in [-0.1, -0.05) is 18.2 Å². The molecule has 1 unspecified atom stereocenters. The SMILES string of the molecule is COc1ccccc1CCNc1ncc(C(=O)NCC2CCCO2)cn1. The van der Waals surface area contributed by atoms with Gasteiger partial charge < -0.3 is 20.1 Å². The van der Waals surface area contributed by atoms with E-state index in [2.05, 4.69) is 20.6 Å². The molecule has 1 aliphatic heterocycles. The van der Waals surface area contributed by atoms with Crippen molar-refractivity contribution in [1.29, 1.82) is 0 Å². The van der Waals surface area contributed by atoms with E-state index in [-0.39, 0.29) is 12.0 Å². The van der Waals surface area contributed by atoms with Crippen molar-refractivity contribution in [2.24, 2.45) is 0 Å². The third kappa shape index (κ3) is 4.92. The van der Waals surface area contributed by atoms with E-state index in [4.69, 9.17) is 9.47 Å². The molecule has 1 amide bonds. The van der Waals surface area contributed by atoms with Crippen LogP contribution in [0.25, 0.3) is 0 Å². The van der Waals surface area contributed by atoms with Crippen molar-refractivity contribution < 1.29 is 14.3 Å². The molecule has 3 rings (SSSR count). The van der Waals surface area contributed by atoms with Crippen LogP contribution in [-0.4, -0.2) is 48.8 Å². The highest BCUT2D eigenvalue weighted by molar-refractivity contribution is 5.93. The van der Waals surface area contributed by atoms with E-state index in [0.717, 1.165) is 37.2 Å². The van der Waals surface area contributed by atoms with E-state index in [1.807, 2.05) is 24.3 Å². The van der Waals surface area contributed by atoms with Gasteiger partial charge in [-0.05, 0) is 30.9 Å². The number of rotatable bonds is 8. The maximum atomic E-state index is 12.1. The molecule has 2 N–H and O–H groups in total. The van der Waals surface area contributed by atoms with Gasteiger partial charge in [0.1, 0.15) is 5.75 Å². The Labute approximate surface area is 153 Å². The summed E-state index contributed by atoms with van der Waals surface area (Å²) < 4.78 is 10.8. The second-order valence-electron chi connectivity index (χ2n) is 6.13. The van der Waals surface area contributed by atoms with Crippen molar-refractivity contribution >= 4 is 11.9 Å². The van der Waals surface area contributed by atoms with Crippen LogP contribution in [0.3, 0.4) is 0 Å². The highest BCUT2D eigenvalue weighted by Crippen LogP contribution is 2.17. The van der Waals surface area contributed by atoms with Crippen LogP contribution < -0.4 is 15.4 Å². The lowest BCUT2D eigenvalue weighted by Gasteiger charge is -2.11. The first-order chi connectivity index (χ1) is 12.8. The van der Waals surface area contributed by atoms with E-state index in [1.54, 1.807) is 7.11 Å². The lowest BCUT2D eigenvalue weighted by molar-refractivity contribution is 0.0857. The highest BCUT2D eigenvalue weighted by atomic mass is 16.5. The minimum absolute atomic E-state index is 0.121. The van der Waals surface area contributed by atoms with Gasteiger partial charge in [0.2, 0.25) is 5.95 Å². The van der Waals surface area contributed by atoms with E-state index in [0.29, 0.717) is 24.6 Å². The molecule has 2 heterocycles. The third-order valence-electron chi connectivity index (χ3n) is 4.30. The monoisotopic (exact) mass is 356 g/mol. The first-order valence-electron chi connectivity index (χ1n) is 8.84. The van der Waals surface area contributed by atoms with Gasteiger partial charge in [-0.2, -0.15) is 0 Å². The molecule has 0 saturated carbocycles. The molecule has 7 nitrogen and oxygen atoms in total. The van der Waals surface area contributed by atoms with Gasteiger partial charge in [0.15, 0.2) is 0 Å². The molecule has 7 heteroatoms. The summed E-state index contributed by atoms with van der Waals surface area (Å²) in [5.41, 5.74) is 1.56. The predicted octanol–water partition coefficient (Wildman–Crippen LogP) is 2.05. The normalized spacial score (nSPS) is 16.3. The van der Waals surface area contributed by atoms with Gasteiger partial charge in [-0.25, -0.2) is 9.97 Å². The fraction of sp³-hybridized carbons (Fsp3) is 0.421. The number of anilines is 1. The number of methoxy groups -OCH3 is 1. The van der Waals surface area contributed by atoms with Crippen molar-refractivity contribution in [1.82, 2.24) is 15.3 Å². The van der Waals surface area contributed by atoms with Crippen LogP contribution in [0, 0.1) is 0 Å². The summed E-state index contributed by atoms with van der Waals surface area (Å²) in [4.78, 5) is 20.5. The van der Waals surface area contributed by atoms with E-state index in [9.17, 15) is 4.79 Å². The Kier molecular flexibility index (Phi) is 6.38. The first kappa shape index (κ1) is 18.1. The molecule has 0 aliphatic carbocycles. The Hall–Kier alpha value is -2.67. The second kappa shape index (κ2) is 9.15. The molecule has 1 aliphatic rings. The lowest BCUT2D eigenvalue weighted by Crippen LogP contribution is -2.31. The van der Waals surface area contributed by atoms with Gasteiger partial charge in [0.25, 0.3) is 5.91 Å². The minimum atomic E-state index is -0.180. The Morgan fingerprint density at radius 2 is 2.12 bits per heavy atom. The molecule has 0 radical (unpaired) electrons. The number of hydrogen-bond donors (Lipinski definition) is 2. The quantitative estimate of drug-likeness (QED) is 0.753. The minimum Gasteiger partial charge on any atom is -0.496 e. The van der Waals surface area contributed by atoms with Crippen LogP contribution in [0.1, 0.15) is 28.8 Å². The maximum absolute atomic E-state index is 12.1. The molecular weight excluding hydrogens is 332 g/mol. The molecule has 1 aromatic carbocycles. The van der Waals surface area contributed by atoms with Crippen molar-refractivity contribution in [2.45, 2.75) is 25.4 Å². The predicted molar refractivity (Wildman–Crippen MR) is 98.5 cm³/mol. The zero-order valence-corrected chi connectivity index (χ0v) is 14.9. The topological polar surface area (TPSA) is 85.4 Å². The number of ether oxygens (including phenoxy) is 2. The number of benzene rings is 1. The maximum Gasteiger partial charge on any atom is 0.254 e. The number of nitrogens with one attached hydrogen (secondary N) is 2. The molecule has 1 aromatic heterocycles. The number of para-hydroxylation sites is 1. The lowest BCUT2D eigenvalue weighted by atomic mass is 10.1. The number of carbonyl (C=O) groups excluding carboxylic acids is 1. The summed E-state index contributed by atoms with van der Waals surface area (Å²) in [5, 5.41) is 6.02. The van der Waals surface area contributed by atoms with E-state index < -0.39 is 0 Å². The Morgan fingerprint density at radius 3 is 2.85 bits per heavy atom. The van der Waals surface area contributed by atoms with Gasteiger partial charge >= 0.3 is 0 Å². The first-order valence-corrected chi connectivity index (χ1v) is 8.84. The van der Waals surface area contributed by atoms with Crippen molar-refractivity contribution in [3.8, 4) is 5.75 Å². The number of hydrogen-bond acceptors (Lipinski definition) is 6. The van der Waals surface area contributed by atoms with E-state index >= 15 is 0 Å². The molecule has 1 fully saturated rings. The zero-order chi connectivity index (χ0) is 18.2. The molecule has 26 heavy (non-hydrogen) atoms. The standard InChI is InChI=1S/C19H24N4O3/c1-25-17-7-3-2-5-14(17)8-9-20-19-22-11-15(12-23-19)18(24)21-13-16-6-4-10-26-16/h2-3,5,7,11-12,16H,4,6,8-10,13H2,1H3,(H,21,24)(H,20,22,23). The van der Waals surface area contributed by atoms with Crippen LogP contribution in [0.4, 0.5) is 5.95 Å². The molecular formula is C19H24N4O3. The summed E-state index contributed by atoms with van der Waals surface area (Å²) in [6, 6.07) is 7.90. The summed E-state index contributed by atoms with van der Waals surface area (Å²) in [6.07, 6.45) is 6.02. The third-order valence-corrected chi connectivity index (χ3v) is 4.30. The number of aromatic nitrogens is 2. The van der Waals surface area contributed by atoms with Crippen LogP contribution in [-0.2, 0) is 11.2 Å². The van der Waals surface area contributed by atoms with Crippen molar-refractivity contribution in [2.75, 3.05) is 32.1 Å². The molecule has 0 spiro atoms. The smallest absolute Gasteiger partial charge is 0.254 e. The molecule has 0 bridgehead atoms.